The number of unbranched alkanes of at least 4 members (excludes halogenated alkanes) is 1. The Morgan fingerprint density at radius 1 is 1.12 bits per heavy atom. The standard InChI is InChI=1S/C20H24FNO3/c1-15-5-8-17(9-6-15)25-12-4-3-11-22-20(23)14-16-7-10-19(24-2)18(21)13-16/h5-10,13H,3-4,11-12,14H2,1-2H3,(H,22,23). The van der Waals surface area contributed by atoms with Crippen LogP contribution in [0.2, 0.25) is 0 Å². The largest absolute Gasteiger partial charge is 0.494 e. The number of carbonyl (C=O) groups is 1. The summed E-state index contributed by atoms with van der Waals surface area (Å²) in [5.41, 5.74) is 1.82. The number of ether oxygens (including phenoxy) is 2. The van der Waals surface area contributed by atoms with Crippen molar-refractivity contribution < 1.29 is 18.7 Å². The van der Waals surface area contributed by atoms with Crippen LogP contribution in [0.5, 0.6) is 11.5 Å². The van der Waals surface area contributed by atoms with Gasteiger partial charge in [0.1, 0.15) is 5.75 Å². The van der Waals surface area contributed by atoms with E-state index in [1.54, 1.807) is 6.07 Å². The monoisotopic (exact) mass is 345 g/mol. The number of amides is 1. The van der Waals surface area contributed by atoms with Gasteiger partial charge >= 0.3 is 0 Å². The lowest BCUT2D eigenvalue weighted by Gasteiger charge is -2.08. The van der Waals surface area contributed by atoms with Crippen LogP contribution in [0.25, 0.3) is 0 Å². The van der Waals surface area contributed by atoms with Crippen LogP contribution in [0.4, 0.5) is 4.39 Å². The van der Waals surface area contributed by atoms with Gasteiger partial charge in [-0.05, 0) is 49.6 Å². The maximum atomic E-state index is 13.6. The molecule has 0 aliphatic heterocycles. The maximum absolute atomic E-state index is 13.6. The van der Waals surface area contributed by atoms with E-state index in [9.17, 15) is 9.18 Å². The van der Waals surface area contributed by atoms with E-state index in [0.29, 0.717) is 18.7 Å². The molecule has 1 amide bonds. The molecular weight excluding hydrogens is 321 g/mol. The number of carbonyl (C=O) groups excluding carboxylic acids is 1. The Morgan fingerprint density at radius 2 is 1.88 bits per heavy atom. The number of hydrogen-bond acceptors (Lipinski definition) is 3. The van der Waals surface area contributed by atoms with Crippen molar-refractivity contribution in [3.05, 3.63) is 59.4 Å². The van der Waals surface area contributed by atoms with Crippen molar-refractivity contribution in [2.45, 2.75) is 26.2 Å². The quantitative estimate of drug-likeness (QED) is 0.706. The van der Waals surface area contributed by atoms with Gasteiger partial charge in [-0.1, -0.05) is 23.8 Å². The normalized spacial score (nSPS) is 10.4. The SMILES string of the molecule is COc1ccc(CC(=O)NCCCCOc2ccc(C)cc2)cc1F. The Kier molecular flexibility index (Phi) is 7.26. The Morgan fingerprint density at radius 3 is 2.56 bits per heavy atom. The number of methoxy groups -OCH3 is 1. The van der Waals surface area contributed by atoms with Crippen molar-refractivity contribution in [1.82, 2.24) is 5.32 Å². The van der Waals surface area contributed by atoms with Crippen LogP contribution in [0.15, 0.2) is 42.5 Å². The minimum Gasteiger partial charge on any atom is -0.494 e. The predicted octanol–water partition coefficient (Wildman–Crippen LogP) is 3.66. The smallest absolute Gasteiger partial charge is 0.224 e. The van der Waals surface area contributed by atoms with Crippen LogP contribution >= 0.6 is 0 Å². The predicted molar refractivity (Wildman–Crippen MR) is 95.6 cm³/mol. The molecule has 0 bridgehead atoms. The van der Waals surface area contributed by atoms with Crippen LogP contribution in [-0.4, -0.2) is 26.2 Å². The van der Waals surface area contributed by atoms with Gasteiger partial charge in [0.2, 0.25) is 5.91 Å². The lowest BCUT2D eigenvalue weighted by Crippen LogP contribution is -2.26. The highest BCUT2D eigenvalue weighted by atomic mass is 19.1. The fourth-order valence-corrected chi connectivity index (χ4v) is 2.35. The lowest BCUT2D eigenvalue weighted by atomic mass is 10.1. The molecule has 0 unspecified atom stereocenters. The van der Waals surface area contributed by atoms with E-state index in [0.717, 1.165) is 18.6 Å². The zero-order valence-electron chi connectivity index (χ0n) is 14.7. The van der Waals surface area contributed by atoms with Crippen LogP contribution in [0, 0.1) is 12.7 Å². The summed E-state index contributed by atoms with van der Waals surface area (Å²) in [6.07, 6.45) is 1.83. The third-order valence-corrected chi connectivity index (χ3v) is 3.76. The van der Waals surface area contributed by atoms with Gasteiger partial charge in [0.25, 0.3) is 0 Å². The molecule has 0 fully saturated rings. The van der Waals surface area contributed by atoms with E-state index in [1.165, 1.54) is 24.8 Å². The molecule has 0 aliphatic carbocycles. The first-order chi connectivity index (χ1) is 12.1. The third kappa shape index (κ3) is 6.45. The fourth-order valence-electron chi connectivity index (χ4n) is 2.35. The molecule has 1 N–H and O–H groups in total. The summed E-state index contributed by atoms with van der Waals surface area (Å²) in [7, 11) is 1.41. The van der Waals surface area contributed by atoms with Gasteiger partial charge in [-0.15, -0.1) is 0 Å². The average Bonchev–Trinajstić information content (AvgIpc) is 2.59. The van der Waals surface area contributed by atoms with Crippen molar-refractivity contribution in [3.8, 4) is 11.5 Å². The maximum Gasteiger partial charge on any atom is 0.224 e. The second-order valence-corrected chi connectivity index (χ2v) is 5.86. The van der Waals surface area contributed by atoms with E-state index in [4.69, 9.17) is 9.47 Å². The average molecular weight is 345 g/mol. The zero-order valence-corrected chi connectivity index (χ0v) is 14.7. The summed E-state index contributed by atoms with van der Waals surface area (Å²) in [6.45, 7) is 3.23. The van der Waals surface area contributed by atoms with Gasteiger partial charge < -0.3 is 14.8 Å². The Hall–Kier alpha value is -2.56. The highest BCUT2D eigenvalue weighted by molar-refractivity contribution is 5.78. The Labute approximate surface area is 148 Å². The van der Waals surface area contributed by atoms with E-state index in [2.05, 4.69) is 5.32 Å². The molecule has 0 heterocycles. The van der Waals surface area contributed by atoms with Gasteiger partial charge in [0, 0.05) is 6.54 Å². The summed E-state index contributed by atoms with van der Waals surface area (Å²) < 4.78 is 24.1. The van der Waals surface area contributed by atoms with Crippen LogP contribution in [0.1, 0.15) is 24.0 Å². The molecule has 25 heavy (non-hydrogen) atoms. The van der Waals surface area contributed by atoms with E-state index < -0.39 is 5.82 Å². The molecule has 5 heteroatoms. The minimum atomic E-state index is -0.457. The Balaban J connectivity index is 1.60. The first-order valence-electron chi connectivity index (χ1n) is 8.37. The summed E-state index contributed by atoms with van der Waals surface area (Å²) >= 11 is 0. The summed E-state index contributed by atoms with van der Waals surface area (Å²) in [4.78, 5) is 11.9. The van der Waals surface area contributed by atoms with Crippen molar-refractivity contribution in [3.63, 3.8) is 0 Å². The van der Waals surface area contributed by atoms with Crippen molar-refractivity contribution >= 4 is 5.91 Å². The number of benzene rings is 2. The first kappa shape index (κ1) is 18.8. The number of rotatable bonds is 9. The van der Waals surface area contributed by atoms with Crippen molar-refractivity contribution in [1.29, 1.82) is 0 Å². The molecule has 134 valence electrons. The molecule has 2 aromatic carbocycles. The van der Waals surface area contributed by atoms with Gasteiger partial charge in [-0.3, -0.25) is 4.79 Å². The fraction of sp³-hybridized carbons (Fsp3) is 0.350. The van der Waals surface area contributed by atoms with Crippen LogP contribution in [0.3, 0.4) is 0 Å². The van der Waals surface area contributed by atoms with Crippen molar-refractivity contribution in [2.75, 3.05) is 20.3 Å². The molecule has 0 saturated carbocycles. The van der Waals surface area contributed by atoms with Gasteiger partial charge in [0.15, 0.2) is 11.6 Å². The molecule has 0 radical (unpaired) electrons. The first-order valence-corrected chi connectivity index (χ1v) is 8.37. The number of aryl methyl sites for hydroxylation is 1. The molecule has 2 rings (SSSR count). The second-order valence-electron chi connectivity index (χ2n) is 5.86. The summed E-state index contributed by atoms with van der Waals surface area (Å²) in [5, 5.41) is 2.84. The number of hydrogen-bond donors (Lipinski definition) is 1. The zero-order chi connectivity index (χ0) is 18.1. The molecule has 0 spiro atoms. The molecule has 4 nitrogen and oxygen atoms in total. The third-order valence-electron chi connectivity index (χ3n) is 3.76. The van der Waals surface area contributed by atoms with Gasteiger partial charge in [-0.25, -0.2) is 4.39 Å². The lowest BCUT2D eigenvalue weighted by molar-refractivity contribution is -0.120. The summed E-state index contributed by atoms with van der Waals surface area (Å²) in [6, 6.07) is 12.5. The second kappa shape index (κ2) is 9.67. The Bertz CT molecular complexity index is 686. The van der Waals surface area contributed by atoms with Crippen molar-refractivity contribution in [2.24, 2.45) is 0 Å². The highest BCUT2D eigenvalue weighted by Gasteiger charge is 2.07. The van der Waals surface area contributed by atoms with E-state index >= 15 is 0 Å². The summed E-state index contributed by atoms with van der Waals surface area (Å²) in [5.74, 6) is 0.457. The van der Waals surface area contributed by atoms with E-state index in [1.807, 2.05) is 31.2 Å². The van der Waals surface area contributed by atoms with Crippen LogP contribution in [-0.2, 0) is 11.2 Å². The van der Waals surface area contributed by atoms with E-state index in [-0.39, 0.29) is 18.1 Å². The van der Waals surface area contributed by atoms with Gasteiger partial charge in [-0.2, -0.15) is 0 Å². The topological polar surface area (TPSA) is 47.6 Å². The molecule has 2 aromatic rings. The molecule has 0 atom stereocenters. The molecular formula is C20H24FNO3. The molecule has 0 aliphatic rings. The highest BCUT2D eigenvalue weighted by Crippen LogP contribution is 2.17. The minimum absolute atomic E-state index is 0.121. The molecule has 0 aromatic heterocycles. The number of halogens is 1. The number of nitrogens with one attached hydrogen (secondary N) is 1. The molecule has 0 saturated heterocycles. The van der Waals surface area contributed by atoms with Gasteiger partial charge in [0.05, 0.1) is 20.1 Å². The van der Waals surface area contributed by atoms with Crippen LogP contribution < -0.4 is 14.8 Å².